The van der Waals surface area contributed by atoms with Crippen molar-refractivity contribution in [1.29, 1.82) is 0 Å². The van der Waals surface area contributed by atoms with Gasteiger partial charge in [-0.25, -0.2) is 0 Å². The molecule has 0 aromatic rings. The van der Waals surface area contributed by atoms with E-state index in [9.17, 15) is 91.9 Å². The first-order valence-electron chi connectivity index (χ1n) is 25.7. The minimum absolute atomic E-state index is 0.231. The van der Waals surface area contributed by atoms with Gasteiger partial charge in [0.1, 0.15) is 146 Å². The lowest BCUT2D eigenvalue weighted by atomic mass is 9.94. The minimum Gasteiger partial charge on any atom is -0.394 e. The van der Waals surface area contributed by atoms with Crippen LogP contribution in [0, 0.1) is 0 Å². The van der Waals surface area contributed by atoms with Crippen LogP contribution in [-0.4, -0.2) is 341 Å². The summed E-state index contributed by atoms with van der Waals surface area (Å²) >= 11 is 0. The van der Waals surface area contributed by atoms with Gasteiger partial charge in [-0.05, 0) is 13.3 Å². The molecule has 22 aliphatic rings. The molecule has 0 radical (unpaired) electrons. The van der Waals surface area contributed by atoms with Gasteiger partial charge >= 0.3 is 0 Å². The van der Waals surface area contributed by atoms with Gasteiger partial charge in [-0.1, -0.05) is 19.8 Å². The number of ether oxygens (including phenoxy) is 14. The smallest absolute Gasteiger partial charge is 0.187 e. The summed E-state index contributed by atoms with van der Waals surface area (Å²) in [4.78, 5) is 0. The largest absolute Gasteiger partial charge is 0.394 e. The summed E-state index contributed by atoms with van der Waals surface area (Å²) in [6.07, 6.45) is -58.2. The fourth-order valence-corrected chi connectivity index (χ4v) is 10.3. The predicted molar refractivity (Wildman–Crippen MR) is 240 cm³/mol. The summed E-state index contributed by atoms with van der Waals surface area (Å²) in [6.45, 7) is -3.76. The third-order valence-corrected chi connectivity index (χ3v) is 14.5. The van der Waals surface area contributed by atoms with Crippen LogP contribution in [0.4, 0.5) is 0 Å². The number of unbranched alkanes of at least 4 members (excludes halogenated alkanes) is 1. The molecule has 32 nitrogen and oxygen atoms in total. The number of hydrogen-bond donors (Lipinski definition) is 18. The van der Waals surface area contributed by atoms with E-state index in [1.54, 1.807) is 0 Å². The normalized spacial score (nSPS) is 50.0. The van der Waals surface area contributed by atoms with E-state index < -0.39 is 249 Å². The van der Waals surface area contributed by atoms with Gasteiger partial charge in [0.25, 0.3) is 0 Å². The Morgan fingerprint density at radius 1 is 0.338 bits per heavy atom. The van der Waals surface area contributed by atoms with Gasteiger partial charge in [-0.15, -0.1) is 0 Å². The Morgan fingerprint density at radius 2 is 0.584 bits per heavy atom. The van der Waals surface area contributed by atoms with Crippen LogP contribution >= 0.6 is 0 Å². The standard InChI is InChI=1S/C45H78O32/c1-3-4-5-15(53)13-65-39-31(63)44-70-21(11-51)37(39)77-45-30(62)38(64-12-14(2)52)36(20(10-50)71-45)76-43-29(61)25(57)34(18(8-48)69-43)74-41-27(59)23(55)32(16(6-46)67-41)72-40-26(58)22(54)33(17(7-47)66-40)73-42-28(60)24(56)35(75-44)19(9-49)68-42/h14-63H,3-13H2,1-2H3/t14?,15?,16-,17-,18-,19-,20-,21-,22-,23-,24-,25-,26-,27-,28-,29-,30-,31-,32-,33-,34-,35-,36+,37+,38-,39-,40-,41-,42-,43-,44-,45-/m1/s1. The number of aliphatic hydroxyl groups excluding tert-OH is 18. The van der Waals surface area contributed by atoms with Crippen molar-refractivity contribution in [2.45, 2.75) is 230 Å². The summed E-state index contributed by atoms with van der Waals surface area (Å²) in [6, 6.07) is 0. The number of rotatable bonds is 15. The summed E-state index contributed by atoms with van der Waals surface area (Å²) in [5.74, 6) is 0. The van der Waals surface area contributed by atoms with Gasteiger partial charge in [-0.2, -0.15) is 0 Å². The molecule has 0 amide bonds. The number of hydrogen-bond acceptors (Lipinski definition) is 32. The molecule has 450 valence electrons. The van der Waals surface area contributed by atoms with E-state index in [0.29, 0.717) is 12.8 Å². The first kappa shape index (κ1) is 63.3. The Bertz CT molecular complexity index is 1740. The van der Waals surface area contributed by atoms with Crippen molar-refractivity contribution in [2.24, 2.45) is 0 Å². The molecule has 12 bridgehead atoms. The molecule has 32 heteroatoms. The second kappa shape index (κ2) is 28.3. The fraction of sp³-hybridized carbons (Fsp3) is 1.00. The second-order valence-electron chi connectivity index (χ2n) is 20.1. The highest BCUT2D eigenvalue weighted by Crippen LogP contribution is 2.39. The van der Waals surface area contributed by atoms with Gasteiger partial charge in [0.05, 0.1) is 65.1 Å². The van der Waals surface area contributed by atoms with E-state index in [1.165, 1.54) is 6.92 Å². The molecule has 22 saturated heterocycles. The van der Waals surface area contributed by atoms with Crippen molar-refractivity contribution in [2.75, 3.05) is 52.9 Å². The van der Waals surface area contributed by atoms with Crippen molar-refractivity contribution in [3.8, 4) is 0 Å². The van der Waals surface area contributed by atoms with E-state index >= 15 is 0 Å². The van der Waals surface area contributed by atoms with Crippen molar-refractivity contribution in [3.05, 3.63) is 0 Å². The third-order valence-electron chi connectivity index (χ3n) is 14.5. The summed E-state index contributed by atoms with van der Waals surface area (Å²) in [5, 5.41) is 200. The highest BCUT2D eigenvalue weighted by molar-refractivity contribution is 5.01. The lowest BCUT2D eigenvalue weighted by Crippen LogP contribution is -2.69. The van der Waals surface area contributed by atoms with Crippen LogP contribution in [0.3, 0.4) is 0 Å². The molecule has 0 aliphatic carbocycles. The molecule has 22 heterocycles. The zero-order valence-corrected chi connectivity index (χ0v) is 42.0. The van der Waals surface area contributed by atoms with Crippen molar-refractivity contribution in [1.82, 2.24) is 0 Å². The fourth-order valence-electron chi connectivity index (χ4n) is 10.3. The van der Waals surface area contributed by atoms with E-state index in [2.05, 4.69) is 0 Å². The average molecular weight is 1130 g/mol. The van der Waals surface area contributed by atoms with Crippen molar-refractivity contribution >= 4 is 0 Å². The van der Waals surface area contributed by atoms with E-state index in [-0.39, 0.29) is 6.42 Å². The molecule has 22 rings (SSSR count). The Kier molecular flexibility index (Phi) is 23.3. The molecular formula is C45H78O32. The molecule has 22 aliphatic heterocycles. The van der Waals surface area contributed by atoms with Crippen LogP contribution in [0.2, 0.25) is 0 Å². The molecule has 2 unspecified atom stereocenters. The zero-order chi connectivity index (χ0) is 56.2. The molecule has 77 heavy (non-hydrogen) atoms. The van der Waals surface area contributed by atoms with Crippen molar-refractivity contribution < 1.29 is 158 Å². The minimum atomic E-state index is -2.16. The zero-order valence-electron chi connectivity index (χ0n) is 42.0. The lowest BCUT2D eigenvalue weighted by Gasteiger charge is -2.51. The Labute approximate surface area is 440 Å². The van der Waals surface area contributed by atoms with Crippen LogP contribution in [0.15, 0.2) is 0 Å². The highest BCUT2D eigenvalue weighted by Gasteiger charge is 2.59. The lowest BCUT2D eigenvalue weighted by molar-refractivity contribution is -0.406. The Balaban J connectivity index is 1.25. The molecular weight excluding hydrogens is 1050 g/mol. The van der Waals surface area contributed by atoms with Crippen LogP contribution in [0.1, 0.15) is 33.1 Å². The maximum Gasteiger partial charge on any atom is 0.187 e. The maximum absolute atomic E-state index is 12.0. The third kappa shape index (κ3) is 13.9. The first-order valence-corrected chi connectivity index (χ1v) is 25.7. The van der Waals surface area contributed by atoms with Gasteiger partial charge in [0, 0.05) is 0 Å². The molecule has 22 fully saturated rings. The second-order valence-corrected chi connectivity index (χ2v) is 20.1. The van der Waals surface area contributed by atoms with E-state index in [4.69, 9.17) is 66.3 Å². The Hall–Kier alpha value is -1.28. The van der Waals surface area contributed by atoms with Crippen LogP contribution in [-0.2, 0) is 66.3 Å². The summed E-state index contributed by atoms with van der Waals surface area (Å²) < 4.78 is 82.4. The molecule has 32 atom stereocenters. The van der Waals surface area contributed by atoms with Crippen LogP contribution in [0.5, 0.6) is 0 Å². The van der Waals surface area contributed by atoms with Crippen LogP contribution in [0.25, 0.3) is 0 Å². The monoisotopic (exact) mass is 1130 g/mol. The molecule has 0 aromatic heterocycles. The van der Waals surface area contributed by atoms with E-state index in [1.807, 2.05) is 6.92 Å². The summed E-state index contributed by atoms with van der Waals surface area (Å²) in [5.41, 5.74) is 0. The van der Waals surface area contributed by atoms with Gasteiger partial charge in [0.15, 0.2) is 37.7 Å². The molecule has 0 aromatic carbocycles. The molecule has 0 saturated carbocycles. The number of aliphatic hydroxyl groups is 18. The van der Waals surface area contributed by atoms with Gasteiger partial charge in [0.2, 0.25) is 0 Å². The molecule has 0 spiro atoms. The van der Waals surface area contributed by atoms with E-state index in [0.717, 1.165) is 0 Å². The Morgan fingerprint density at radius 3 is 0.844 bits per heavy atom. The van der Waals surface area contributed by atoms with Gasteiger partial charge < -0.3 is 158 Å². The van der Waals surface area contributed by atoms with Gasteiger partial charge in [-0.3, -0.25) is 0 Å². The molecule has 18 N–H and O–H groups in total. The van der Waals surface area contributed by atoms with Crippen LogP contribution < -0.4 is 0 Å². The SMILES string of the molecule is CCCCC(O)CO[C@@H]1[C@@H](O)[C@H]2O[C@H]3[C@H](O)[C@@H](O)[C@@H](O[C@H]4[C@H](O)[C@@H](O)[C@@H](O[C@H]5[C@H](O)[C@@H](O)[C@@H](O[C@H]6[C@H](O)[C@@H](O)[C@@H](O[C@@H]7[C@H](OCC(C)O)[C@@H](O)[C@@H](O[C@H]1[C@@H](CO)O2)O[C@@H]7CO)O[C@@H]6CO)O[C@@H]5CO)O[C@@H]4CO)O[C@@H]3CO. The highest BCUT2D eigenvalue weighted by atomic mass is 16.8. The van der Waals surface area contributed by atoms with Crippen molar-refractivity contribution in [3.63, 3.8) is 0 Å². The summed E-state index contributed by atoms with van der Waals surface area (Å²) in [7, 11) is 0. The maximum atomic E-state index is 12.0. The predicted octanol–water partition coefficient (Wildman–Crippen LogP) is -11.1. The first-order chi connectivity index (χ1) is 36.7. The quantitative estimate of drug-likeness (QED) is 0.0724. The topological polar surface area (TPSA) is 493 Å². The average Bonchev–Trinajstić information content (AvgIpc) is 3.43.